The summed E-state index contributed by atoms with van der Waals surface area (Å²) in [7, 11) is -3.55. The van der Waals surface area contributed by atoms with E-state index in [4.69, 9.17) is 11.6 Å². The molecule has 0 aliphatic carbocycles. The summed E-state index contributed by atoms with van der Waals surface area (Å²) in [5, 5.41) is 12.8. The van der Waals surface area contributed by atoms with Crippen molar-refractivity contribution in [2.24, 2.45) is 0 Å². The van der Waals surface area contributed by atoms with Crippen molar-refractivity contribution in [3.8, 4) is 0 Å². The topological polar surface area (TPSA) is 101 Å². The molecule has 2 aromatic heterocycles. The van der Waals surface area contributed by atoms with Crippen LogP contribution in [0.4, 0.5) is 0 Å². The van der Waals surface area contributed by atoms with Crippen LogP contribution >= 0.6 is 22.9 Å². The summed E-state index contributed by atoms with van der Waals surface area (Å²) >= 11 is 6.64. The van der Waals surface area contributed by atoms with E-state index in [1.807, 2.05) is 0 Å². The van der Waals surface area contributed by atoms with Gasteiger partial charge in [-0.2, -0.15) is 5.21 Å². The van der Waals surface area contributed by atoms with Crippen molar-refractivity contribution in [3.05, 3.63) is 22.3 Å². The Balaban J connectivity index is 2.09. The molecule has 2 N–H and O–H groups in total. The van der Waals surface area contributed by atoms with Gasteiger partial charge in [0.1, 0.15) is 4.21 Å². The third-order valence-corrected chi connectivity index (χ3v) is 4.75. The smallest absolute Gasteiger partial charge is 0.206 e. The van der Waals surface area contributed by atoms with Crippen molar-refractivity contribution in [1.82, 2.24) is 25.3 Å². The molecule has 2 rings (SSSR count). The Morgan fingerprint density at radius 2 is 2.31 bits per heavy atom. The lowest BCUT2D eigenvalue weighted by atomic mass is 10.6. The van der Waals surface area contributed by atoms with E-state index >= 15 is 0 Å². The molecule has 16 heavy (non-hydrogen) atoms. The second-order valence-electron chi connectivity index (χ2n) is 2.71. The number of sulfonamides is 1. The molecule has 0 saturated carbocycles. The van der Waals surface area contributed by atoms with Gasteiger partial charge in [-0.05, 0) is 12.1 Å². The molecule has 0 aliphatic rings. The lowest BCUT2D eigenvalue weighted by molar-refractivity contribution is 0.581. The number of halogens is 1. The maximum atomic E-state index is 11.7. The standard InChI is InChI=1S/C6H6ClN5O2S2/c7-4-1-2-6(15-4)16(13,14)8-3-5-9-11-12-10-5/h1-2,8H,3H2,(H,9,10,11,12). The summed E-state index contributed by atoms with van der Waals surface area (Å²) in [4.78, 5) is 0. The van der Waals surface area contributed by atoms with E-state index in [0.717, 1.165) is 11.3 Å². The number of nitrogens with one attached hydrogen (secondary N) is 2. The van der Waals surface area contributed by atoms with Gasteiger partial charge in [-0.15, -0.1) is 21.5 Å². The van der Waals surface area contributed by atoms with Gasteiger partial charge in [0.05, 0.1) is 10.9 Å². The van der Waals surface area contributed by atoms with Gasteiger partial charge in [0, 0.05) is 0 Å². The maximum absolute atomic E-state index is 11.7. The summed E-state index contributed by atoms with van der Waals surface area (Å²) in [6.07, 6.45) is 0. The van der Waals surface area contributed by atoms with Crippen LogP contribution in [-0.4, -0.2) is 29.0 Å². The molecule has 0 spiro atoms. The Morgan fingerprint density at radius 3 is 2.88 bits per heavy atom. The van der Waals surface area contributed by atoms with E-state index in [9.17, 15) is 8.42 Å². The highest BCUT2D eigenvalue weighted by Crippen LogP contribution is 2.25. The fourth-order valence-electron chi connectivity index (χ4n) is 0.930. The number of tetrazole rings is 1. The lowest BCUT2D eigenvalue weighted by Gasteiger charge is -2.00. The Labute approximate surface area is 99.9 Å². The zero-order chi connectivity index (χ0) is 11.6. The minimum Gasteiger partial charge on any atom is -0.206 e. The largest absolute Gasteiger partial charge is 0.250 e. The van der Waals surface area contributed by atoms with Crippen LogP contribution in [-0.2, 0) is 16.6 Å². The zero-order valence-corrected chi connectivity index (χ0v) is 10.1. The summed E-state index contributed by atoms with van der Waals surface area (Å²) in [6.45, 7) is -0.0195. The molecular formula is C6H6ClN5O2S2. The van der Waals surface area contributed by atoms with E-state index in [0.29, 0.717) is 4.34 Å². The highest BCUT2D eigenvalue weighted by Gasteiger charge is 2.16. The van der Waals surface area contributed by atoms with Gasteiger partial charge in [0.15, 0.2) is 5.82 Å². The second kappa shape index (κ2) is 4.45. The number of hydrogen-bond acceptors (Lipinski definition) is 6. The molecule has 0 aliphatic heterocycles. The van der Waals surface area contributed by atoms with Gasteiger partial charge in [0.2, 0.25) is 0 Å². The molecule has 0 atom stereocenters. The molecule has 0 amide bonds. The number of H-pyrrole nitrogens is 1. The van der Waals surface area contributed by atoms with E-state index < -0.39 is 10.0 Å². The van der Waals surface area contributed by atoms with Gasteiger partial charge >= 0.3 is 0 Å². The number of aromatic amines is 1. The highest BCUT2D eigenvalue weighted by molar-refractivity contribution is 7.91. The Bertz CT molecular complexity index is 564. The molecule has 0 bridgehead atoms. The molecule has 2 heterocycles. The first kappa shape index (κ1) is 11.5. The van der Waals surface area contributed by atoms with Crippen LogP contribution in [0.1, 0.15) is 5.82 Å². The van der Waals surface area contributed by atoms with Gasteiger partial charge in [0.25, 0.3) is 10.0 Å². The fourth-order valence-corrected chi connectivity index (χ4v) is 3.44. The van der Waals surface area contributed by atoms with E-state index in [-0.39, 0.29) is 16.6 Å². The minimum absolute atomic E-state index is 0.0195. The predicted octanol–water partition coefficient (Wildman–Crippen LogP) is 0.393. The van der Waals surface area contributed by atoms with Gasteiger partial charge < -0.3 is 0 Å². The van der Waals surface area contributed by atoms with Crippen LogP contribution in [0.3, 0.4) is 0 Å². The molecule has 86 valence electrons. The monoisotopic (exact) mass is 279 g/mol. The zero-order valence-electron chi connectivity index (χ0n) is 7.71. The highest BCUT2D eigenvalue weighted by atomic mass is 35.5. The van der Waals surface area contributed by atoms with Crippen molar-refractivity contribution in [2.75, 3.05) is 0 Å². The Morgan fingerprint density at radius 1 is 1.50 bits per heavy atom. The first-order valence-corrected chi connectivity index (χ1v) is 6.73. The molecule has 0 saturated heterocycles. The van der Waals surface area contributed by atoms with Crippen molar-refractivity contribution in [2.45, 2.75) is 10.8 Å². The first-order chi connectivity index (χ1) is 7.58. The summed E-state index contributed by atoms with van der Waals surface area (Å²) in [5.74, 6) is 0.270. The normalized spacial score (nSPS) is 11.8. The van der Waals surface area contributed by atoms with Crippen LogP contribution in [0.15, 0.2) is 16.3 Å². The number of hydrogen-bond donors (Lipinski definition) is 2. The molecule has 0 aromatic carbocycles. The average Bonchev–Trinajstić information content (AvgIpc) is 2.85. The lowest BCUT2D eigenvalue weighted by Crippen LogP contribution is -2.23. The van der Waals surface area contributed by atoms with Crippen molar-refractivity contribution >= 4 is 33.0 Å². The molecule has 0 unspecified atom stereocenters. The van der Waals surface area contributed by atoms with Gasteiger partial charge in [-0.3, -0.25) is 0 Å². The van der Waals surface area contributed by atoms with Crippen molar-refractivity contribution in [1.29, 1.82) is 0 Å². The third kappa shape index (κ3) is 2.55. The fraction of sp³-hybridized carbons (Fsp3) is 0.167. The third-order valence-electron chi connectivity index (χ3n) is 1.62. The van der Waals surface area contributed by atoms with Crippen LogP contribution in [0.5, 0.6) is 0 Å². The average molecular weight is 280 g/mol. The van der Waals surface area contributed by atoms with Crippen molar-refractivity contribution in [3.63, 3.8) is 0 Å². The molecule has 7 nitrogen and oxygen atoms in total. The molecule has 0 radical (unpaired) electrons. The molecule has 0 fully saturated rings. The van der Waals surface area contributed by atoms with Crippen LogP contribution in [0.25, 0.3) is 0 Å². The molecule has 2 aromatic rings. The Kier molecular flexibility index (Phi) is 3.19. The maximum Gasteiger partial charge on any atom is 0.250 e. The summed E-state index contributed by atoms with van der Waals surface area (Å²) in [6, 6.07) is 2.96. The first-order valence-electron chi connectivity index (χ1n) is 4.05. The SMILES string of the molecule is O=S(=O)(NCc1nn[nH]n1)c1ccc(Cl)s1. The summed E-state index contributed by atoms with van der Waals surface area (Å²) in [5.41, 5.74) is 0. The van der Waals surface area contributed by atoms with Crippen LogP contribution in [0, 0.1) is 0 Å². The summed E-state index contributed by atoms with van der Waals surface area (Å²) < 4.78 is 26.3. The van der Waals surface area contributed by atoms with E-state index in [2.05, 4.69) is 25.3 Å². The molecular weight excluding hydrogens is 274 g/mol. The van der Waals surface area contributed by atoms with E-state index in [1.54, 1.807) is 0 Å². The van der Waals surface area contributed by atoms with Gasteiger partial charge in [-0.25, -0.2) is 13.1 Å². The molecule has 10 heteroatoms. The number of nitrogens with zero attached hydrogens (tertiary/aromatic N) is 3. The number of thiophene rings is 1. The van der Waals surface area contributed by atoms with Crippen molar-refractivity contribution < 1.29 is 8.42 Å². The number of aromatic nitrogens is 4. The Hall–Kier alpha value is -1.03. The quantitative estimate of drug-likeness (QED) is 0.843. The predicted molar refractivity (Wildman–Crippen MR) is 57.5 cm³/mol. The van der Waals surface area contributed by atoms with Gasteiger partial charge in [-0.1, -0.05) is 16.8 Å². The van der Waals surface area contributed by atoms with Crippen LogP contribution < -0.4 is 4.72 Å². The van der Waals surface area contributed by atoms with Crippen LogP contribution in [0.2, 0.25) is 4.34 Å². The number of rotatable bonds is 4. The van der Waals surface area contributed by atoms with E-state index in [1.165, 1.54) is 12.1 Å². The second-order valence-corrected chi connectivity index (χ2v) is 6.42. The minimum atomic E-state index is -3.55.